The number of anilines is 1. The van der Waals surface area contributed by atoms with Gasteiger partial charge in [-0.15, -0.1) is 0 Å². The lowest BCUT2D eigenvalue weighted by Gasteiger charge is -2.42. The van der Waals surface area contributed by atoms with E-state index < -0.39 is 0 Å². The topological polar surface area (TPSA) is 54.0 Å². The van der Waals surface area contributed by atoms with Gasteiger partial charge in [0, 0.05) is 51.0 Å². The van der Waals surface area contributed by atoms with Crippen LogP contribution in [0.5, 0.6) is 5.75 Å². The number of hydrogen-bond acceptors (Lipinski definition) is 5. The van der Waals surface area contributed by atoms with E-state index in [4.69, 9.17) is 9.47 Å². The molecule has 1 saturated heterocycles. The molecule has 1 N–H and O–H groups in total. The maximum Gasteiger partial charge on any atom is 0.227 e. The number of nitrogens with one attached hydrogen (secondary N) is 1. The predicted molar refractivity (Wildman–Crippen MR) is 127 cm³/mol. The molecule has 32 heavy (non-hydrogen) atoms. The lowest BCUT2D eigenvalue weighted by Crippen LogP contribution is -2.49. The average molecular weight is 438 g/mol. The molecule has 2 aliphatic rings. The molecule has 6 heteroatoms. The first-order valence-corrected chi connectivity index (χ1v) is 11.6. The molecule has 6 nitrogen and oxygen atoms in total. The number of likely N-dealkylation sites (tertiary alicyclic amines) is 1. The van der Waals surface area contributed by atoms with Crippen LogP contribution in [0.2, 0.25) is 0 Å². The third kappa shape index (κ3) is 4.82. The second-order valence-corrected chi connectivity index (χ2v) is 8.76. The van der Waals surface area contributed by atoms with Crippen LogP contribution in [-0.2, 0) is 22.5 Å². The summed E-state index contributed by atoms with van der Waals surface area (Å²) in [7, 11) is 5.36. The van der Waals surface area contributed by atoms with Gasteiger partial charge >= 0.3 is 0 Å². The molecular weight excluding hydrogens is 402 g/mol. The number of aryl methyl sites for hydroxylation is 1. The SMILES string of the molecule is COCCN1CCCC(NCc2cc3c(cc2OC)CCC(=O)N3C)C1c1ccccc1. The van der Waals surface area contributed by atoms with Crippen LogP contribution in [-0.4, -0.2) is 57.8 Å². The Bertz CT molecular complexity index is 918. The molecule has 2 aliphatic heterocycles. The smallest absolute Gasteiger partial charge is 0.227 e. The number of piperidine rings is 1. The lowest BCUT2D eigenvalue weighted by atomic mass is 9.90. The molecule has 0 aromatic heterocycles. The van der Waals surface area contributed by atoms with Crippen LogP contribution in [0.4, 0.5) is 5.69 Å². The van der Waals surface area contributed by atoms with E-state index in [1.165, 1.54) is 11.1 Å². The highest BCUT2D eigenvalue weighted by atomic mass is 16.5. The molecule has 0 spiro atoms. The molecule has 2 aromatic carbocycles. The summed E-state index contributed by atoms with van der Waals surface area (Å²) in [6.07, 6.45) is 3.61. The summed E-state index contributed by atoms with van der Waals surface area (Å²) < 4.78 is 11.1. The molecule has 1 fully saturated rings. The molecule has 0 radical (unpaired) electrons. The Hall–Kier alpha value is -2.41. The molecule has 0 aliphatic carbocycles. The van der Waals surface area contributed by atoms with Crippen LogP contribution in [0.1, 0.15) is 42.0 Å². The predicted octanol–water partition coefficient (Wildman–Crippen LogP) is 3.55. The summed E-state index contributed by atoms with van der Waals surface area (Å²) in [4.78, 5) is 16.5. The Kier molecular flexibility index (Phi) is 7.45. The molecule has 4 rings (SSSR count). The van der Waals surface area contributed by atoms with E-state index >= 15 is 0 Å². The van der Waals surface area contributed by atoms with Crippen molar-refractivity contribution in [3.8, 4) is 5.75 Å². The zero-order valence-corrected chi connectivity index (χ0v) is 19.5. The van der Waals surface area contributed by atoms with Crippen molar-refractivity contribution in [1.82, 2.24) is 10.2 Å². The molecule has 2 aromatic rings. The van der Waals surface area contributed by atoms with Gasteiger partial charge in [-0.1, -0.05) is 30.3 Å². The quantitative estimate of drug-likeness (QED) is 0.685. The normalized spacial score (nSPS) is 21.5. The van der Waals surface area contributed by atoms with Crippen molar-refractivity contribution in [2.75, 3.05) is 45.9 Å². The Balaban J connectivity index is 1.56. The minimum atomic E-state index is 0.173. The number of amides is 1. The minimum absolute atomic E-state index is 0.173. The van der Waals surface area contributed by atoms with Gasteiger partial charge in [-0.25, -0.2) is 0 Å². The van der Waals surface area contributed by atoms with E-state index in [1.54, 1.807) is 19.1 Å². The Morgan fingerprint density at radius 2 is 1.94 bits per heavy atom. The van der Waals surface area contributed by atoms with Gasteiger partial charge < -0.3 is 19.7 Å². The van der Waals surface area contributed by atoms with E-state index in [1.807, 2.05) is 7.05 Å². The van der Waals surface area contributed by atoms with Crippen molar-refractivity contribution in [2.24, 2.45) is 0 Å². The number of carbonyl (C=O) groups excluding carboxylic acids is 1. The van der Waals surface area contributed by atoms with E-state index in [2.05, 4.69) is 52.7 Å². The van der Waals surface area contributed by atoms with Crippen LogP contribution >= 0.6 is 0 Å². The number of benzene rings is 2. The first-order chi connectivity index (χ1) is 15.6. The molecule has 2 heterocycles. The van der Waals surface area contributed by atoms with E-state index in [9.17, 15) is 4.79 Å². The van der Waals surface area contributed by atoms with Crippen molar-refractivity contribution in [3.05, 3.63) is 59.2 Å². The molecule has 2 unspecified atom stereocenters. The molecule has 0 saturated carbocycles. The number of hydrogen-bond donors (Lipinski definition) is 1. The summed E-state index contributed by atoms with van der Waals surface area (Å²) in [5.41, 5.74) is 4.61. The fourth-order valence-corrected chi connectivity index (χ4v) is 5.11. The second kappa shape index (κ2) is 10.5. The largest absolute Gasteiger partial charge is 0.496 e. The van der Waals surface area contributed by atoms with Gasteiger partial charge in [0.1, 0.15) is 5.75 Å². The number of ether oxygens (including phenoxy) is 2. The highest BCUT2D eigenvalue weighted by molar-refractivity contribution is 5.96. The number of rotatable bonds is 8. The summed E-state index contributed by atoms with van der Waals surface area (Å²) in [6, 6.07) is 15.6. The van der Waals surface area contributed by atoms with E-state index in [0.717, 1.165) is 56.0 Å². The number of nitrogens with zero attached hydrogens (tertiary/aromatic N) is 2. The highest BCUT2D eigenvalue weighted by Gasteiger charge is 2.32. The van der Waals surface area contributed by atoms with Crippen molar-refractivity contribution >= 4 is 11.6 Å². The first kappa shape index (κ1) is 22.8. The summed E-state index contributed by atoms with van der Waals surface area (Å²) in [5, 5.41) is 3.83. The molecule has 0 bridgehead atoms. The zero-order valence-electron chi connectivity index (χ0n) is 19.5. The van der Waals surface area contributed by atoms with Gasteiger partial charge in [0.25, 0.3) is 0 Å². The standard InChI is InChI=1S/C26H35N3O3/c1-28-23-16-21(24(32-3)17-20(23)11-12-25(28)30)18-27-22-10-7-13-29(14-15-31-2)26(22)19-8-5-4-6-9-19/h4-6,8-9,16-17,22,26-27H,7,10-15,18H2,1-3H3. The van der Waals surface area contributed by atoms with Crippen LogP contribution in [0.15, 0.2) is 42.5 Å². The molecule has 1 amide bonds. The molecule has 172 valence electrons. The van der Waals surface area contributed by atoms with Crippen LogP contribution < -0.4 is 15.0 Å². The molecular formula is C26H35N3O3. The number of methoxy groups -OCH3 is 2. The van der Waals surface area contributed by atoms with Crippen molar-refractivity contribution in [3.63, 3.8) is 0 Å². The first-order valence-electron chi connectivity index (χ1n) is 11.6. The Morgan fingerprint density at radius 1 is 1.12 bits per heavy atom. The fourth-order valence-electron chi connectivity index (χ4n) is 5.11. The van der Waals surface area contributed by atoms with Crippen molar-refractivity contribution in [2.45, 2.75) is 44.3 Å². The van der Waals surface area contributed by atoms with Crippen molar-refractivity contribution in [1.29, 1.82) is 0 Å². The summed E-state index contributed by atoms with van der Waals surface area (Å²) in [5.74, 6) is 1.06. The van der Waals surface area contributed by atoms with E-state index in [0.29, 0.717) is 25.0 Å². The van der Waals surface area contributed by atoms with Gasteiger partial charge in [0.15, 0.2) is 0 Å². The average Bonchev–Trinajstić information content (AvgIpc) is 2.83. The van der Waals surface area contributed by atoms with Crippen LogP contribution in [0.3, 0.4) is 0 Å². The van der Waals surface area contributed by atoms with Crippen LogP contribution in [0.25, 0.3) is 0 Å². The molecule has 2 atom stereocenters. The zero-order chi connectivity index (χ0) is 22.5. The highest BCUT2D eigenvalue weighted by Crippen LogP contribution is 2.35. The third-order valence-corrected chi connectivity index (χ3v) is 6.84. The maximum atomic E-state index is 12.2. The van der Waals surface area contributed by atoms with E-state index in [-0.39, 0.29) is 5.91 Å². The van der Waals surface area contributed by atoms with Gasteiger partial charge in [0.05, 0.1) is 19.8 Å². The summed E-state index contributed by atoms with van der Waals surface area (Å²) in [6.45, 7) is 3.43. The van der Waals surface area contributed by atoms with Gasteiger partial charge in [-0.05, 0) is 49.1 Å². The Labute approximate surface area is 191 Å². The third-order valence-electron chi connectivity index (χ3n) is 6.84. The maximum absolute atomic E-state index is 12.2. The van der Waals surface area contributed by atoms with Gasteiger partial charge in [-0.2, -0.15) is 0 Å². The Morgan fingerprint density at radius 3 is 2.69 bits per heavy atom. The van der Waals surface area contributed by atoms with Crippen molar-refractivity contribution < 1.29 is 14.3 Å². The second-order valence-electron chi connectivity index (χ2n) is 8.76. The van der Waals surface area contributed by atoms with Crippen LogP contribution in [0, 0.1) is 0 Å². The summed E-state index contributed by atoms with van der Waals surface area (Å²) >= 11 is 0. The lowest BCUT2D eigenvalue weighted by molar-refractivity contribution is -0.118. The van der Waals surface area contributed by atoms with Gasteiger partial charge in [0.2, 0.25) is 5.91 Å². The monoisotopic (exact) mass is 437 g/mol. The number of fused-ring (bicyclic) bond motifs is 1. The minimum Gasteiger partial charge on any atom is -0.496 e. The van der Waals surface area contributed by atoms with Gasteiger partial charge in [-0.3, -0.25) is 9.69 Å². The number of carbonyl (C=O) groups is 1. The fraction of sp³-hybridized carbons (Fsp3) is 0.500.